The van der Waals surface area contributed by atoms with Gasteiger partial charge in [-0.1, -0.05) is 4.40 Å². The molecule has 0 aromatic carbocycles. The quantitative estimate of drug-likeness (QED) is 0.547. The smallest absolute Gasteiger partial charge is 0.248 e. The molecule has 0 unspecified atom stereocenters. The van der Waals surface area contributed by atoms with Gasteiger partial charge in [-0.25, -0.2) is 8.78 Å². The van der Waals surface area contributed by atoms with Crippen molar-refractivity contribution >= 4 is 17.6 Å². The monoisotopic (exact) mass is 251 g/mol. The molecule has 0 heterocycles. The Morgan fingerprint density at radius 3 is 2.56 bits per heavy atom. The Hall–Kier alpha value is -0.160. The largest absolute Gasteiger partial charge is 0.591 e. The molecule has 0 radical (unpaired) electrons. The van der Waals surface area contributed by atoms with E-state index in [9.17, 15) is 13.3 Å². The first-order valence-corrected chi connectivity index (χ1v) is 6.65. The SMILES string of the molecule is CC(C)(C)[S@@+]([O-])N=C[C@H]1CCCC(F)(F)C1. The van der Waals surface area contributed by atoms with E-state index in [1.807, 2.05) is 20.8 Å². The van der Waals surface area contributed by atoms with E-state index in [2.05, 4.69) is 4.40 Å². The van der Waals surface area contributed by atoms with Gasteiger partial charge in [-0.2, -0.15) is 0 Å². The highest BCUT2D eigenvalue weighted by Crippen LogP contribution is 2.36. The third-order valence-electron chi connectivity index (χ3n) is 2.57. The van der Waals surface area contributed by atoms with E-state index in [1.54, 1.807) is 0 Å². The zero-order chi connectivity index (χ0) is 12.4. The van der Waals surface area contributed by atoms with E-state index < -0.39 is 22.0 Å². The fourth-order valence-corrected chi connectivity index (χ4v) is 2.24. The molecule has 2 nitrogen and oxygen atoms in total. The summed E-state index contributed by atoms with van der Waals surface area (Å²) >= 11 is -1.34. The van der Waals surface area contributed by atoms with Crippen LogP contribution in [0.3, 0.4) is 0 Å². The molecule has 1 aliphatic rings. The van der Waals surface area contributed by atoms with E-state index >= 15 is 0 Å². The lowest BCUT2D eigenvalue weighted by atomic mass is 9.87. The molecule has 2 atom stereocenters. The Labute approximate surface area is 98.8 Å². The van der Waals surface area contributed by atoms with Gasteiger partial charge in [0.15, 0.2) is 0 Å². The summed E-state index contributed by atoms with van der Waals surface area (Å²) in [7, 11) is 0. The van der Waals surface area contributed by atoms with Crippen LogP contribution >= 0.6 is 0 Å². The highest BCUT2D eigenvalue weighted by Gasteiger charge is 2.36. The van der Waals surface area contributed by atoms with Gasteiger partial charge in [-0.3, -0.25) is 0 Å². The van der Waals surface area contributed by atoms with Crippen LogP contribution in [-0.4, -0.2) is 21.4 Å². The summed E-state index contributed by atoms with van der Waals surface area (Å²) in [5, 5.41) is 0. The van der Waals surface area contributed by atoms with Gasteiger partial charge in [0.1, 0.15) is 16.1 Å². The molecule has 0 N–H and O–H groups in total. The van der Waals surface area contributed by atoms with Crippen molar-refractivity contribution in [3.8, 4) is 0 Å². The Bertz CT molecular complexity index is 263. The number of hydrogen-bond donors (Lipinski definition) is 0. The molecule has 0 aliphatic heterocycles. The van der Waals surface area contributed by atoms with Crippen molar-refractivity contribution in [3.05, 3.63) is 0 Å². The van der Waals surface area contributed by atoms with Gasteiger partial charge in [0.05, 0.1) is 6.21 Å². The van der Waals surface area contributed by atoms with E-state index in [0.29, 0.717) is 6.42 Å². The fourth-order valence-electron chi connectivity index (χ4n) is 1.64. The average molecular weight is 251 g/mol. The highest BCUT2D eigenvalue weighted by atomic mass is 32.2. The molecule has 16 heavy (non-hydrogen) atoms. The van der Waals surface area contributed by atoms with Crippen LogP contribution in [0.2, 0.25) is 0 Å². The number of rotatable bonds is 2. The Morgan fingerprint density at radius 2 is 2.06 bits per heavy atom. The minimum Gasteiger partial charge on any atom is -0.591 e. The van der Waals surface area contributed by atoms with E-state index in [-0.39, 0.29) is 18.8 Å². The second-order valence-electron chi connectivity index (χ2n) is 5.33. The Kier molecular flexibility index (Phi) is 4.35. The number of halogens is 2. The van der Waals surface area contributed by atoms with Gasteiger partial charge in [0.25, 0.3) is 0 Å². The summed E-state index contributed by atoms with van der Waals surface area (Å²) in [5.74, 6) is -2.80. The Balaban J connectivity index is 2.51. The van der Waals surface area contributed by atoms with Crippen molar-refractivity contribution in [2.24, 2.45) is 10.3 Å². The zero-order valence-electron chi connectivity index (χ0n) is 10.0. The van der Waals surface area contributed by atoms with Crippen molar-refractivity contribution in [1.82, 2.24) is 0 Å². The standard InChI is InChI=1S/C11H19F2NOS/c1-10(2,3)16(15)14-8-9-5-4-6-11(12,13)7-9/h8-9H,4-7H2,1-3H3/t9-,16+/m0/s1. The molecule has 94 valence electrons. The van der Waals surface area contributed by atoms with Crippen LogP contribution in [-0.2, 0) is 11.4 Å². The van der Waals surface area contributed by atoms with Crippen LogP contribution in [0.15, 0.2) is 4.40 Å². The normalized spacial score (nSPS) is 28.2. The molecule has 0 aromatic heterocycles. The van der Waals surface area contributed by atoms with Gasteiger partial charge in [-0.05, 0) is 33.6 Å². The fraction of sp³-hybridized carbons (Fsp3) is 0.909. The van der Waals surface area contributed by atoms with E-state index in [1.165, 1.54) is 6.21 Å². The molecular weight excluding hydrogens is 232 g/mol. The maximum atomic E-state index is 13.1. The molecule has 5 heteroatoms. The highest BCUT2D eigenvalue weighted by molar-refractivity contribution is 7.91. The molecule has 0 bridgehead atoms. The van der Waals surface area contributed by atoms with Crippen molar-refractivity contribution in [1.29, 1.82) is 0 Å². The summed E-state index contributed by atoms with van der Waals surface area (Å²) in [6.07, 6.45) is 2.53. The van der Waals surface area contributed by atoms with Crippen molar-refractivity contribution in [2.45, 2.75) is 57.1 Å². The maximum Gasteiger partial charge on any atom is 0.248 e. The van der Waals surface area contributed by atoms with Crippen LogP contribution in [0.1, 0.15) is 46.5 Å². The van der Waals surface area contributed by atoms with Gasteiger partial charge in [0, 0.05) is 18.8 Å². The summed E-state index contributed by atoms with van der Waals surface area (Å²) in [5.41, 5.74) is 0. The molecule has 0 aromatic rings. The number of hydrogen-bond acceptors (Lipinski definition) is 2. The zero-order valence-corrected chi connectivity index (χ0v) is 10.8. The Morgan fingerprint density at radius 1 is 1.44 bits per heavy atom. The van der Waals surface area contributed by atoms with Gasteiger partial charge >= 0.3 is 0 Å². The summed E-state index contributed by atoms with van der Waals surface area (Å²) in [4.78, 5) is 0. The molecule has 0 spiro atoms. The average Bonchev–Trinajstić information content (AvgIpc) is 2.11. The third kappa shape index (κ3) is 4.37. The van der Waals surface area contributed by atoms with Crippen LogP contribution < -0.4 is 0 Å². The summed E-state index contributed by atoms with van der Waals surface area (Å²) < 4.78 is 41.2. The van der Waals surface area contributed by atoms with Crippen LogP contribution in [0.4, 0.5) is 8.78 Å². The van der Waals surface area contributed by atoms with Crippen molar-refractivity contribution in [2.75, 3.05) is 0 Å². The second kappa shape index (κ2) is 5.00. The summed E-state index contributed by atoms with van der Waals surface area (Å²) in [6.45, 7) is 5.45. The topological polar surface area (TPSA) is 35.4 Å². The maximum absolute atomic E-state index is 13.1. The molecule has 1 rings (SSSR count). The molecular formula is C11H19F2NOS. The predicted molar refractivity (Wildman–Crippen MR) is 63.3 cm³/mol. The minimum absolute atomic E-state index is 0.0281. The molecule has 0 amide bonds. The molecule has 1 fully saturated rings. The van der Waals surface area contributed by atoms with E-state index in [4.69, 9.17) is 0 Å². The lowest BCUT2D eigenvalue weighted by Crippen LogP contribution is -2.29. The predicted octanol–water partition coefficient (Wildman–Crippen LogP) is 3.34. The summed E-state index contributed by atoms with van der Waals surface area (Å²) in [6, 6.07) is 0. The minimum atomic E-state index is -2.57. The number of nitrogens with zero attached hydrogens (tertiary/aromatic N) is 1. The first-order valence-electron chi connectivity index (χ1n) is 5.55. The first-order chi connectivity index (χ1) is 7.21. The first kappa shape index (κ1) is 13.9. The molecule has 1 saturated carbocycles. The van der Waals surface area contributed by atoms with Crippen molar-refractivity contribution in [3.63, 3.8) is 0 Å². The molecule has 0 saturated heterocycles. The molecule has 1 aliphatic carbocycles. The van der Waals surface area contributed by atoms with Gasteiger partial charge < -0.3 is 4.55 Å². The van der Waals surface area contributed by atoms with Crippen molar-refractivity contribution < 1.29 is 13.3 Å². The van der Waals surface area contributed by atoms with E-state index in [0.717, 1.165) is 6.42 Å². The van der Waals surface area contributed by atoms with Gasteiger partial charge in [0.2, 0.25) is 5.92 Å². The lowest BCUT2D eigenvalue weighted by molar-refractivity contribution is -0.0420. The van der Waals surface area contributed by atoms with Crippen LogP contribution in [0, 0.1) is 5.92 Å². The van der Waals surface area contributed by atoms with Crippen LogP contribution in [0.25, 0.3) is 0 Å². The van der Waals surface area contributed by atoms with Crippen LogP contribution in [0.5, 0.6) is 0 Å². The third-order valence-corrected chi connectivity index (χ3v) is 3.93. The lowest BCUT2D eigenvalue weighted by Gasteiger charge is -2.26. The number of alkyl halides is 2. The second-order valence-corrected chi connectivity index (χ2v) is 7.26. The van der Waals surface area contributed by atoms with Gasteiger partial charge in [-0.15, -0.1) is 0 Å².